The zero-order chi connectivity index (χ0) is 17.2. The lowest BCUT2D eigenvalue weighted by atomic mass is 10.3. The lowest BCUT2D eigenvalue weighted by Gasteiger charge is -2.01. The Bertz CT molecular complexity index is 1010. The fourth-order valence-electron chi connectivity index (χ4n) is 2.18. The second-order valence-electron chi connectivity index (χ2n) is 4.91. The maximum Gasteiger partial charge on any atom is 0.273 e. The van der Waals surface area contributed by atoms with Crippen molar-refractivity contribution in [3.63, 3.8) is 0 Å². The van der Waals surface area contributed by atoms with E-state index in [2.05, 4.69) is 42.4 Å². The van der Waals surface area contributed by atoms with Gasteiger partial charge >= 0.3 is 0 Å². The Hall–Kier alpha value is -2.17. The molecule has 0 fully saturated rings. The molecule has 25 heavy (non-hydrogen) atoms. The summed E-state index contributed by atoms with van der Waals surface area (Å²) in [6.07, 6.45) is 2.05. The van der Waals surface area contributed by atoms with Crippen LogP contribution in [0.3, 0.4) is 0 Å². The van der Waals surface area contributed by atoms with E-state index in [1.807, 2.05) is 30.5 Å². The first kappa shape index (κ1) is 16.3. The Labute approximate surface area is 154 Å². The number of tetrazole rings is 1. The van der Waals surface area contributed by atoms with Gasteiger partial charge in [-0.3, -0.25) is 0 Å². The molecule has 0 amide bonds. The van der Waals surface area contributed by atoms with Crippen LogP contribution in [0.1, 0.15) is 0 Å². The smallest absolute Gasteiger partial charge is 0.273 e. The van der Waals surface area contributed by atoms with Crippen molar-refractivity contribution in [2.45, 2.75) is 10.1 Å². The Balaban J connectivity index is 1.64. The van der Waals surface area contributed by atoms with Crippen molar-refractivity contribution < 1.29 is 4.74 Å². The maximum absolute atomic E-state index is 5.15. The van der Waals surface area contributed by atoms with E-state index in [9.17, 15) is 0 Å². The molecular formula is C15H13N6OS3+. The molecule has 1 unspecified atom stereocenters. The van der Waals surface area contributed by atoms with Crippen LogP contribution < -0.4 is 4.74 Å². The average molecular weight is 390 g/mol. The molecule has 7 nitrogen and oxygen atoms in total. The number of rotatable bonds is 5. The van der Waals surface area contributed by atoms with Gasteiger partial charge in [0, 0.05) is 11.0 Å². The second kappa shape index (κ2) is 6.98. The highest BCUT2D eigenvalue weighted by Crippen LogP contribution is 2.38. The van der Waals surface area contributed by atoms with Gasteiger partial charge in [0.1, 0.15) is 0 Å². The summed E-state index contributed by atoms with van der Waals surface area (Å²) >= 11 is 1.70. The largest absolute Gasteiger partial charge is 0.481 e. The fraction of sp³-hybridized carbons (Fsp3) is 0.133. The Kier molecular flexibility index (Phi) is 4.55. The summed E-state index contributed by atoms with van der Waals surface area (Å²) in [5.41, 5.74) is 1.61. The second-order valence-corrected chi connectivity index (χ2v) is 8.81. The lowest BCUT2D eigenvalue weighted by Crippen LogP contribution is -1.98. The van der Waals surface area contributed by atoms with Crippen molar-refractivity contribution in [2.24, 2.45) is 0 Å². The third kappa shape index (κ3) is 3.32. The minimum atomic E-state index is -0.422. The van der Waals surface area contributed by atoms with Gasteiger partial charge in [-0.2, -0.15) is 9.67 Å². The highest BCUT2D eigenvalue weighted by atomic mass is 33.1. The van der Waals surface area contributed by atoms with Crippen LogP contribution in [0.4, 0.5) is 0 Å². The topological polar surface area (TPSA) is 78.6 Å². The van der Waals surface area contributed by atoms with Crippen LogP contribution in [0.15, 0.2) is 51.8 Å². The molecule has 10 heteroatoms. The first-order chi connectivity index (χ1) is 12.3. The Morgan fingerprint density at radius 1 is 1.12 bits per heavy atom. The molecule has 0 saturated heterocycles. The van der Waals surface area contributed by atoms with E-state index in [1.165, 1.54) is 15.7 Å². The molecule has 3 heterocycles. The quantitative estimate of drug-likeness (QED) is 0.291. The van der Waals surface area contributed by atoms with Crippen molar-refractivity contribution in [1.29, 1.82) is 0 Å². The van der Waals surface area contributed by atoms with Crippen molar-refractivity contribution in [2.75, 3.05) is 13.4 Å². The zero-order valence-corrected chi connectivity index (χ0v) is 15.8. The SMILES string of the molecule is COc1ccc2c[s+](Sc3nnnn3-c3ccc(SC)cc3)nc2n1. The zero-order valence-electron chi connectivity index (χ0n) is 13.4. The first-order valence-electron chi connectivity index (χ1n) is 7.23. The molecule has 0 saturated carbocycles. The number of pyridine rings is 1. The van der Waals surface area contributed by atoms with Gasteiger partial charge in [0.05, 0.1) is 18.2 Å². The average Bonchev–Trinajstić information content (AvgIpc) is 3.27. The molecule has 3 aromatic heterocycles. The van der Waals surface area contributed by atoms with Crippen molar-refractivity contribution in [1.82, 2.24) is 29.6 Å². The lowest BCUT2D eigenvalue weighted by molar-refractivity contribution is 0.399. The van der Waals surface area contributed by atoms with Gasteiger partial charge in [0.25, 0.3) is 5.16 Å². The van der Waals surface area contributed by atoms with Crippen LogP contribution >= 0.6 is 32.3 Å². The van der Waals surface area contributed by atoms with E-state index in [-0.39, 0.29) is 0 Å². The van der Waals surface area contributed by atoms with E-state index in [1.54, 1.807) is 23.6 Å². The van der Waals surface area contributed by atoms with Crippen molar-refractivity contribution >= 4 is 43.3 Å². The molecule has 4 rings (SSSR count). The molecule has 4 aromatic rings. The van der Waals surface area contributed by atoms with Gasteiger partial charge < -0.3 is 4.74 Å². The standard InChI is InChI=1S/C15H13N6OS3/c1-22-13-8-3-10-9-25(18-14(10)16-13)24-15-17-19-20-21(15)11-4-6-12(23-2)7-5-11/h3-9H,1-2H3/q+1. The van der Waals surface area contributed by atoms with Crippen LogP contribution in [0.25, 0.3) is 16.7 Å². The molecule has 0 N–H and O–H groups in total. The molecule has 0 aliphatic heterocycles. The van der Waals surface area contributed by atoms with Crippen LogP contribution in [0.2, 0.25) is 0 Å². The van der Waals surface area contributed by atoms with Crippen molar-refractivity contribution in [3.8, 4) is 11.6 Å². The predicted molar refractivity (Wildman–Crippen MR) is 101 cm³/mol. The van der Waals surface area contributed by atoms with Gasteiger partial charge in [0.2, 0.25) is 22.3 Å². The van der Waals surface area contributed by atoms with Gasteiger partial charge in [-0.15, -0.1) is 11.8 Å². The molecular weight excluding hydrogens is 376 g/mol. The predicted octanol–water partition coefficient (Wildman–Crippen LogP) is 3.64. The number of ether oxygens (including phenoxy) is 1. The summed E-state index contributed by atoms with van der Waals surface area (Å²) in [7, 11) is 2.68. The summed E-state index contributed by atoms with van der Waals surface area (Å²) < 4.78 is 11.5. The van der Waals surface area contributed by atoms with Gasteiger partial charge in [0.15, 0.2) is 15.1 Å². The van der Waals surface area contributed by atoms with E-state index >= 15 is 0 Å². The van der Waals surface area contributed by atoms with Crippen LogP contribution in [0.5, 0.6) is 5.88 Å². The number of fused-ring (bicyclic) bond motifs is 1. The number of aromatic nitrogens is 6. The minimum Gasteiger partial charge on any atom is -0.481 e. The minimum absolute atomic E-state index is 0.422. The van der Waals surface area contributed by atoms with Crippen LogP contribution in [0, 0.1) is 0 Å². The Morgan fingerprint density at radius 3 is 2.72 bits per heavy atom. The van der Waals surface area contributed by atoms with Gasteiger partial charge in [-0.1, -0.05) is 5.10 Å². The van der Waals surface area contributed by atoms with E-state index < -0.39 is 9.70 Å². The summed E-state index contributed by atoms with van der Waals surface area (Å²) in [6, 6.07) is 11.9. The molecule has 1 atom stereocenters. The highest BCUT2D eigenvalue weighted by molar-refractivity contribution is 8.44. The number of methoxy groups -OCH3 is 1. The summed E-state index contributed by atoms with van der Waals surface area (Å²) in [6.45, 7) is 0. The van der Waals surface area contributed by atoms with Crippen LogP contribution in [-0.2, 0) is 0 Å². The number of nitrogens with zero attached hydrogens (tertiary/aromatic N) is 6. The van der Waals surface area contributed by atoms with E-state index in [4.69, 9.17) is 4.74 Å². The third-order valence-electron chi connectivity index (χ3n) is 3.41. The maximum atomic E-state index is 5.15. The molecule has 0 radical (unpaired) electrons. The van der Waals surface area contributed by atoms with Crippen molar-refractivity contribution in [3.05, 3.63) is 41.8 Å². The molecule has 126 valence electrons. The van der Waals surface area contributed by atoms with E-state index in [0.717, 1.165) is 11.1 Å². The Morgan fingerprint density at radius 2 is 1.96 bits per heavy atom. The van der Waals surface area contributed by atoms with Crippen LogP contribution in [-0.4, -0.2) is 42.9 Å². The first-order valence-corrected chi connectivity index (χ1v) is 11.0. The van der Waals surface area contributed by atoms with Gasteiger partial charge in [-0.25, -0.2) is 0 Å². The van der Waals surface area contributed by atoms with E-state index in [0.29, 0.717) is 16.7 Å². The molecule has 0 aliphatic carbocycles. The normalized spacial score (nSPS) is 11.8. The molecule has 0 aliphatic rings. The summed E-state index contributed by atoms with van der Waals surface area (Å²) in [5, 5.41) is 15.8. The summed E-state index contributed by atoms with van der Waals surface area (Å²) in [4.78, 5) is 5.56. The summed E-state index contributed by atoms with van der Waals surface area (Å²) in [5.74, 6) is 0.560. The van der Waals surface area contributed by atoms with Gasteiger partial charge in [-0.05, 0) is 51.4 Å². The number of hydrogen-bond donors (Lipinski definition) is 0. The number of benzene rings is 1. The third-order valence-corrected chi connectivity index (χ3v) is 7.01. The highest BCUT2D eigenvalue weighted by Gasteiger charge is 2.22. The molecule has 1 aromatic carbocycles. The molecule has 0 bridgehead atoms. The fourth-order valence-corrected chi connectivity index (χ4v) is 5.42. The molecule has 0 spiro atoms. The monoisotopic (exact) mass is 389 g/mol. The number of hydrogen-bond acceptors (Lipinski definition) is 8. The number of thioether (sulfide) groups is 1.